The highest BCUT2D eigenvalue weighted by atomic mass is 19.4. The van der Waals surface area contributed by atoms with Crippen molar-refractivity contribution in [1.82, 2.24) is 5.32 Å². The number of amides is 2. The lowest BCUT2D eigenvalue weighted by atomic mass is 9.76. The van der Waals surface area contributed by atoms with Gasteiger partial charge in [0.15, 0.2) is 5.54 Å². The predicted molar refractivity (Wildman–Crippen MR) is 147 cm³/mol. The normalized spacial score (nSPS) is 17.3. The molecule has 0 spiro atoms. The van der Waals surface area contributed by atoms with Crippen LogP contribution in [-0.4, -0.2) is 37.9 Å². The second-order valence-corrected chi connectivity index (χ2v) is 10.00. The van der Waals surface area contributed by atoms with Gasteiger partial charge in [-0.05, 0) is 54.3 Å². The van der Waals surface area contributed by atoms with Crippen LogP contribution in [0.3, 0.4) is 0 Å². The van der Waals surface area contributed by atoms with Crippen LogP contribution < -0.4 is 20.1 Å². The molecule has 12 heteroatoms. The fraction of sp³-hybridized carbons (Fsp3) is 0.290. The smallest absolute Gasteiger partial charge is 0.416 e. The van der Waals surface area contributed by atoms with Crippen LogP contribution in [0.2, 0.25) is 0 Å². The molecule has 1 atom stereocenters. The first-order chi connectivity index (χ1) is 20.2. The van der Waals surface area contributed by atoms with E-state index in [-0.39, 0.29) is 46.9 Å². The summed E-state index contributed by atoms with van der Waals surface area (Å²) in [6.45, 7) is 1.50. The van der Waals surface area contributed by atoms with Crippen LogP contribution in [0.1, 0.15) is 36.0 Å². The quantitative estimate of drug-likeness (QED) is 0.155. The molecule has 1 heterocycles. The Morgan fingerprint density at radius 1 is 0.953 bits per heavy atom. The molecule has 2 amide bonds. The van der Waals surface area contributed by atoms with Gasteiger partial charge in [0.05, 0.1) is 19.4 Å². The lowest BCUT2D eigenvalue weighted by Gasteiger charge is -2.41. The molecule has 1 aliphatic rings. The van der Waals surface area contributed by atoms with Crippen LogP contribution in [-0.2, 0) is 15.1 Å². The largest absolute Gasteiger partial charge is 0.495 e. The maximum absolute atomic E-state index is 15.0. The molecule has 4 rings (SSSR count). The van der Waals surface area contributed by atoms with Gasteiger partial charge in [-0.15, -0.1) is 0 Å². The molecule has 3 aromatic carbocycles. The molecule has 0 unspecified atom stereocenters. The topological polar surface area (TPSA) is 76.7 Å². The zero-order chi connectivity index (χ0) is 31.4. The molecular weight excluding hydrogens is 578 g/mol. The highest BCUT2D eigenvalue weighted by Crippen LogP contribution is 2.49. The Morgan fingerprint density at radius 2 is 1.60 bits per heavy atom. The molecular formula is C31H28F6N2O4. The summed E-state index contributed by atoms with van der Waals surface area (Å²) in [6.07, 6.45) is -11.6. The van der Waals surface area contributed by atoms with E-state index in [2.05, 4.69) is 10.6 Å². The molecule has 0 radical (unpaired) electrons. The fourth-order valence-electron chi connectivity index (χ4n) is 4.77. The number of carbonyl (C=O) groups is 2. The van der Waals surface area contributed by atoms with Crippen LogP contribution in [0.15, 0.2) is 78.4 Å². The van der Waals surface area contributed by atoms with Crippen molar-refractivity contribution in [3.05, 3.63) is 95.1 Å². The Kier molecular flexibility index (Phi) is 9.07. The summed E-state index contributed by atoms with van der Waals surface area (Å²) in [6, 6.07) is 17.4. The molecule has 1 aliphatic heterocycles. The molecule has 0 aromatic heterocycles. The first-order valence-electron chi connectivity index (χ1n) is 13.2. The molecule has 2 N–H and O–H groups in total. The van der Waals surface area contributed by atoms with Gasteiger partial charge in [-0.1, -0.05) is 54.1 Å². The lowest BCUT2D eigenvalue weighted by Crippen LogP contribution is -2.59. The van der Waals surface area contributed by atoms with Crippen LogP contribution in [0, 0.1) is 6.92 Å². The number of para-hydroxylation sites is 2. The third kappa shape index (κ3) is 7.12. The molecule has 0 saturated heterocycles. The maximum Gasteiger partial charge on any atom is 0.416 e. The van der Waals surface area contributed by atoms with Gasteiger partial charge in [-0.25, -0.2) is 0 Å². The number of rotatable bonds is 9. The van der Waals surface area contributed by atoms with Crippen LogP contribution in [0.5, 0.6) is 11.5 Å². The van der Waals surface area contributed by atoms with Gasteiger partial charge in [-0.2, -0.15) is 26.3 Å². The molecule has 3 aromatic rings. The molecule has 0 aliphatic carbocycles. The minimum atomic E-state index is -5.02. The molecule has 6 nitrogen and oxygen atoms in total. The van der Waals surface area contributed by atoms with E-state index in [9.17, 15) is 35.9 Å². The second kappa shape index (κ2) is 12.4. The van der Waals surface area contributed by atoms with Gasteiger partial charge in [0, 0.05) is 12.8 Å². The third-order valence-electron chi connectivity index (χ3n) is 6.98. The van der Waals surface area contributed by atoms with Crippen molar-refractivity contribution in [2.45, 2.75) is 44.1 Å². The monoisotopic (exact) mass is 606 g/mol. The maximum atomic E-state index is 15.0. The second-order valence-electron chi connectivity index (χ2n) is 10.00. The number of anilines is 1. The van der Waals surface area contributed by atoms with E-state index < -0.39 is 48.1 Å². The van der Waals surface area contributed by atoms with Crippen molar-refractivity contribution in [3.63, 3.8) is 0 Å². The summed E-state index contributed by atoms with van der Waals surface area (Å²) >= 11 is 0. The van der Waals surface area contributed by atoms with Crippen molar-refractivity contribution in [2.75, 3.05) is 19.0 Å². The summed E-state index contributed by atoms with van der Waals surface area (Å²) in [4.78, 5) is 27.0. The number of alkyl halides is 6. The number of hydrogen-bond donors (Lipinski definition) is 2. The van der Waals surface area contributed by atoms with Crippen LogP contribution in [0.4, 0.5) is 32.0 Å². The average Bonchev–Trinajstić information content (AvgIpc) is 2.94. The van der Waals surface area contributed by atoms with Gasteiger partial charge in [-0.3, -0.25) is 9.59 Å². The molecule has 43 heavy (non-hydrogen) atoms. The minimum Gasteiger partial charge on any atom is -0.495 e. The van der Waals surface area contributed by atoms with Gasteiger partial charge >= 0.3 is 12.4 Å². The van der Waals surface area contributed by atoms with E-state index in [4.69, 9.17) is 9.47 Å². The fourth-order valence-corrected chi connectivity index (χ4v) is 4.77. The highest BCUT2D eigenvalue weighted by molar-refractivity contribution is 6.28. The van der Waals surface area contributed by atoms with E-state index in [0.717, 1.165) is 17.7 Å². The van der Waals surface area contributed by atoms with E-state index >= 15 is 0 Å². The summed E-state index contributed by atoms with van der Waals surface area (Å²) < 4.78 is 92.5. The van der Waals surface area contributed by atoms with E-state index in [1.165, 1.54) is 25.3 Å². The van der Waals surface area contributed by atoms with E-state index in [1.807, 2.05) is 0 Å². The van der Waals surface area contributed by atoms with Crippen molar-refractivity contribution in [3.8, 4) is 11.5 Å². The Labute approximate surface area is 243 Å². The Bertz CT molecular complexity index is 1500. The number of halogens is 6. The number of methoxy groups -OCH3 is 1. The zero-order valence-electron chi connectivity index (χ0n) is 23.2. The standard InChI is InChI=1S/C31H28F6N2O4/c1-19-8-10-20(11-9-19)23-18-29(31(35,36)37,21-12-14-22(15-13-21)43-17-5-16-30(32,33)34)39-28(41)26(23)27(40)38-24-6-3-4-7-25(24)42-2/h3-4,6-15H,5,16-18H2,1-2H3,(H,38,40)(H,39,41)/t29-/m0/s1. The van der Waals surface area contributed by atoms with Gasteiger partial charge in [0.25, 0.3) is 11.8 Å². The zero-order valence-corrected chi connectivity index (χ0v) is 23.2. The van der Waals surface area contributed by atoms with E-state index in [0.29, 0.717) is 0 Å². The van der Waals surface area contributed by atoms with Gasteiger partial charge in [0.2, 0.25) is 0 Å². The summed E-state index contributed by atoms with van der Waals surface area (Å²) in [5.74, 6) is -1.80. The van der Waals surface area contributed by atoms with Crippen molar-refractivity contribution in [2.24, 2.45) is 0 Å². The predicted octanol–water partition coefficient (Wildman–Crippen LogP) is 7.09. The van der Waals surface area contributed by atoms with E-state index in [1.54, 1.807) is 49.4 Å². The summed E-state index contributed by atoms with van der Waals surface area (Å²) in [7, 11) is 1.38. The Morgan fingerprint density at radius 3 is 2.21 bits per heavy atom. The summed E-state index contributed by atoms with van der Waals surface area (Å²) in [5.41, 5.74) is -2.59. The highest BCUT2D eigenvalue weighted by Gasteiger charge is 2.60. The molecule has 228 valence electrons. The minimum absolute atomic E-state index is 0.0663. The number of nitrogens with one attached hydrogen (secondary N) is 2. The average molecular weight is 607 g/mol. The van der Waals surface area contributed by atoms with Crippen molar-refractivity contribution in [1.29, 1.82) is 0 Å². The number of ether oxygens (including phenoxy) is 2. The first kappa shape index (κ1) is 31.5. The number of hydrogen-bond acceptors (Lipinski definition) is 4. The molecule has 0 fully saturated rings. The first-order valence-corrected chi connectivity index (χ1v) is 13.2. The summed E-state index contributed by atoms with van der Waals surface area (Å²) in [5, 5.41) is 4.62. The number of aryl methyl sites for hydroxylation is 1. The van der Waals surface area contributed by atoms with Crippen molar-refractivity contribution < 1.29 is 45.4 Å². The number of carbonyl (C=O) groups excluding carboxylic acids is 2. The van der Waals surface area contributed by atoms with Gasteiger partial charge < -0.3 is 20.1 Å². The van der Waals surface area contributed by atoms with Crippen molar-refractivity contribution >= 4 is 23.1 Å². The van der Waals surface area contributed by atoms with Crippen LogP contribution >= 0.6 is 0 Å². The Balaban J connectivity index is 1.73. The van der Waals surface area contributed by atoms with Crippen LogP contribution in [0.25, 0.3) is 5.57 Å². The number of benzene rings is 3. The third-order valence-corrected chi connectivity index (χ3v) is 6.98. The molecule has 0 saturated carbocycles. The Hall–Kier alpha value is -4.48. The van der Waals surface area contributed by atoms with Gasteiger partial charge in [0.1, 0.15) is 17.1 Å². The SMILES string of the molecule is COc1ccccc1NC(=O)C1=C(c2ccc(C)cc2)C[C@](c2ccc(OCCCC(F)(F)F)cc2)(C(F)(F)F)NC1=O. The lowest BCUT2D eigenvalue weighted by molar-refractivity contribution is -0.201. The molecule has 0 bridgehead atoms.